The first kappa shape index (κ1) is 20.2. The van der Waals surface area contributed by atoms with Gasteiger partial charge < -0.3 is 20.1 Å². The summed E-state index contributed by atoms with van der Waals surface area (Å²) in [5.41, 5.74) is 2.37. The topological polar surface area (TPSA) is 54.9 Å². The maximum absolute atomic E-state index is 5.62. The van der Waals surface area contributed by atoms with Gasteiger partial charge in [0, 0.05) is 26.8 Å². The van der Waals surface area contributed by atoms with Gasteiger partial charge in [-0.15, -0.1) is 24.0 Å². The van der Waals surface area contributed by atoms with Crippen LogP contribution in [0.3, 0.4) is 0 Å². The highest BCUT2D eigenvalue weighted by atomic mass is 127. The Kier molecular flexibility index (Phi) is 10.2. The minimum Gasteiger partial charge on any atom is -0.380 e. The minimum atomic E-state index is 0. The van der Waals surface area contributed by atoms with Gasteiger partial charge in [0.25, 0.3) is 0 Å². The van der Waals surface area contributed by atoms with Crippen LogP contribution in [-0.4, -0.2) is 38.9 Å². The lowest BCUT2D eigenvalue weighted by atomic mass is 10.1. The Labute approximate surface area is 156 Å². The van der Waals surface area contributed by atoms with E-state index in [4.69, 9.17) is 9.47 Å². The number of hydrogen-bond acceptors (Lipinski definition) is 3. The molecule has 1 fully saturated rings. The highest BCUT2D eigenvalue weighted by molar-refractivity contribution is 14.0. The van der Waals surface area contributed by atoms with Crippen molar-refractivity contribution in [2.24, 2.45) is 4.99 Å². The molecule has 1 aromatic rings. The molecule has 1 heterocycles. The first-order valence-electron chi connectivity index (χ1n) is 8.02. The summed E-state index contributed by atoms with van der Waals surface area (Å²) in [4.78, 5) is 4.63. The Balaban J connectivity index is 0.00000264. The van der Waals surface area contributed by atoms with Crippen molar-refractivity contribution in [1.29, 1.82) is 0 Å². The molecule has 130 valence electrons. The molecule has 1 aromatic carbocycles. The zero-order valence-corrected chi connectivity index (χ0v) is 16.3. The molecule has 2 N–H and O–H groups in total. The Morgan fingerprint density at radius 1 is 1.26 bits per heavy atom. The lowest BCUT2D eigenvalue weighted by Crippen LogP contribution is -2.41. The van der Waals surface area contributed by atoms with E-state index in [1.54, 1.807) is 7.11 Å². The molecule has 1 aliphatic heterocycles. The molecule has 1 atom stereocenters. The molecule has 1 aliphatic rings. The number of nitrogens with one attached hydrogen (secondary N) is 2. The second kappa shape index (κ2) is 11.6. The van der Waals surface area contributed by atoms with Crippen molar-refractivity contribution in [3.63, 3.8) is 0 Å². The lowest BCUT2D eigenvalue weighted by molar-refractivity contribution is 0.114. The summed E-state index contributed by atoms with van der Waals surface area (Å²) >= 11 is 0. The zero-order valence-electron chi connectivity index (χ0n) is 14.0. The predicted octanol–water partition coefficient (Wildman–Crippen LogP) is 2.69. The number of rotatable bonds is 7. The Morgan fingerprint density at radius 3 is 2.61 bits per heavy atom. The number of aliphatic imine (C=N–C) groups is 1. The van der Waals surface area contributed by atoms with Crippen LogP contribution in [0.25, 0.3) is 0 Å². The molecule has 1 saturated heterocycles. The third-order valence-electron chi connectivity index (χ3n) is 3.62. The number of nitrogens with zero attached hydrogens (tertiary/aromatic N) is 1. The Morgan fingerprint density at radius 2 is 2.00 bits per heavy atom. The largest absolute Gasteiger partial charge is 0.380 e. The van der Waals surface area contributed by atoms with E-state index in [1.165, 1.54) is 11.1 Å². The second-order valence-corrected chi connectivity index (χ2v) is 5.46. The number of benzene rings is 1. The SMILES string of the molecule is CCNC(=NCc1ccc(COC)cc1)NCC1CCCO1.I. The van der Waals surface area contributed by atoms with Gasteiger partial charge in [-0.05, 0) is 30.9 Å². The van der Waals surface area contributed by atoms with E-state index < -0.39 is 0 Å². The highest BCUT2D eigenvalue weighted by Gasteiger charge is 2.15. The van der Waals surface area contributed by atoms with Gasteiger partial charge in [0.05, 0.1) is 19.3 Å². The predicted molar refractivity (Wildman–Crippen MR) is 104 cm³/mol. The molecule has 23 heavy (non-hydrogen) atoms. The van der Waals surface area contributed by atoms with E-state index in [-0.39, 0.29) is 24.0 Å². The average Bonchev–Trinajstić information content (AvgIpc) is 3.05. The van der Waals surface area contributed by atoms with E-state index in [9.17, 15) is 0 Å². The Bertz CT molecular complexity index is 459. The summed E-state index contributed by atoms with van der Waals surface area (Å²) in [6.07, 6.45) is 2.61. The Hall–Kier alpha value is -0.860. The molecular weight excluding hydrogens is 405 g/mol. The molecule has 6 heteroatoms. The molecule has 0 spiro atoms. The van der Waals surface area contributed by atoms with Crippen LogP contribution < -0.4 is 10.6 Å². The normalized spacial score (nSPS) is 17.7. The molecule has 0 amide bonds. The van der Waals surface area contributed by atoms with Gasteiger partial charge in [-0.2, -0.15) is 0 Å². The standard InChI is InChI=1S/C17H27N3O2.HI/c1-3-18-17(20-12-16-5-4-10-22-16)19-11-14-6-8-15(9-7-14)13-21-2;/h6-9,16H,3-5,10-13H2,1-2H3,(H2,18,19,20);1H. The van der Waals surface area contributed by atoms with Crippen LogP contribution in [0, 0.1) is 0 Å². The molecule has 0 saturated carbocycles. The van der Waals surface area contributed by atoms with Gasteiger partial charge in [0.2, 0.25) is 0 Å². The van der Waals surface area contributed by atoms with Crippen molar-refractivity contribution in [3.8, 4) is 0 Å². The first-order valence-corrected chi connectivity index (χ1v) is 8.02. The van der Waals surface area contributed by atoms with E-state index >= 15 is 0 Å². The lowest BCUT2D eigenvalue weighted by Gasteiger charge is -2.14. The molecule has 1 unspecified atom stereocenters. The summed E-state index contributed by atoms with van der Waals surface area (Å²) in [5.74, 6) is 0.846. The fraction of sp³-hybridized carbons (Fsp3) is 0.588. The maximum Gasteiger partial charge on any atom is 0.191 e. The zero-order chi connectivity index (χ0) is 15.6. The van der Waals surface area contributed by atoms with E-state index in [1.807, 2.05) is 0 Å². The van der Waals surface area contributed by atoms with Gasteiger partial charge >= 0.3 is 0 Å². The molecular formula is C17H28IN3O2. The molecule has 2 rings (SSSR count). The average molecular weight is 433 g/mol. The maximum atomic E-state index is 5.62. The van der Waals surface area contributed by atoms with Crippen LogP contribution in [0.4, 0.5) is 0 Å². The van der Waals surface area contributed by atoms with Gasteiger partial charge in [0.15, 0.2) is 5.96 Å². The monoisotopic (exact) mass is 433 g/mol. The van der Waals surface area contributed by atoms with Crippen molar-refractivity contribution < 1.29 is 9.47 Å². The van der Waals surface area contributed by atoms with Crippen LogP contribution in [0.2, 0.25) is 0 Å². The van der Waals surface area contributed by atoms with E-state index in [0.29, 0.717) is 19.3 Å². The van der Waals surface area contributed by atoms with Crippen LogP contribution in [-0.2, 0) is 22.6 Å². The first-order chi connectivity index (χ1) is 10.8. The van der Waals surface area contributed by atoms with Crippen LogP contribution >= 0.6 is 24.0 Å². The summed E-state index contributed by atoms with van der Waals surface area (Å²) < 4.78 is 10.7. The number of halogens is 1. The number of methoxy groups -OCH3 is 1. The van der Waals surface area contributed by atoms with Crippen molar-refractivity contribution in [2.45, 2.75) is 39.0 Å². The second-order valence-electron chi connectivity index (χ2n) is 5.46. The van der Waals surface area contributed by atoms with Crippen LogP contribution in [0.1, 0.15) is 30.9 Å². The molecule has 0 radical (unpaired) electrons. The van der Waals surface area contributed by atoms with Gasteiger partial charge in [-0.1, -0.05) is 24.3 Å². The number of hydrogen-bond donors (Lipinski definition) is 2. The fourth-order valence-corrected chi connectivity index (χ4v) is 2.44. The summed E-state index contributed by atoms with van der Waals surface area (Å²) in [6, 6.07) is 8.37. The minimum absolute atomic E-state index is 0. The summed E-state index contributed by atoms with van der Waals surface area (Å²) in [5, 5.41) is 6.63. The summed E-state index contributed by atoms with van der Waals surface area (Å²) in [6.45, 7) is 5.93. The van der Waals surface area contributed by atoms with Gasteiger partial charge in [-0.25, -0.2) is 4.99 Å². The molecule has 0 aliphatic carbocycles. The quantitative estimate of drug-likeness (QED) is 0.395. The van der Waals surface area contributed by atoms with Gasteiger partial charge in [0.1, 0.15) is 0 Å². The summed E-state index contributed by atoms with van der Waals surface area (Å²) in [7, 11) is 1.71. The van der Waals surface area contributed by atoms with Crippen molar-refractivity contribution in [1.82, 2.24) is 10.6 Å². The van der Waals surface area contributed by atoms with Crippen LogP contribution in [0.15, 0.2) is 29.3 Å². The van der Waals surface area contributed by atoms with Crippen LogP contribution in [0.5, 0.6) is 0 Å². The third kappa shape index (κ3) is 7.50. The van der Waals surface area contributed by atoms with Gasteiger partial charge in [-0.3, -0.25) is 0 Å². The number of ether oxygens (including phenoxy) is 2. The van der Waals surface area contributed by atoms with E-state index in [0.717, 1.165) is 38.5 Å². The van der Waals surface area contributed by atoms with Crippen molar-refractivity contribution in [3.05, 3.63) is 35.4 Å². The molecule has 0 bridgehead atoms. The third-order valence-corrected chi connectivity index (χ3v) is 3.62. The smallest absolute Gasteiger partial charge is 0.191 e. The van der Waals surface area contributed by atoms with Crippen molar-refractivity contribution >= 4 is 29.9 Å². The number of guanidine groups is 1. The molecule has 5 nitrogen and oxygen atoms in total. The highest BCUT2D eigenvalue weighted by Crippen LogP contribution is 2.10. The molecule has 0 aromatic heterocycles. The van der Waals surface area contributed by atoms with Crippen molar-refractivity contribution in [2.75, 3.05) is 26.8 Å². The fourth-order valence-electron chi connectivity index (χ4n) is 2.44. The van der Waals surface area contributed by atoms with E-state index in [2.05, 4.69) is 46.8 Å².